The van der Waals surface area contributed by atoms with E-state index in [0.717, 1.165) is 30.3 Å². The summed E-state index contributed by atoms with van der Waals surface area (Å²) in [5, 5.41) is 3.31. The Morgan fingerprint density at radius 1 is 1.21 bits per heavy atom. The summed E-state index contributed by atoms with van der Waals surface area (Å²) < 4.78 is 16.2. The van der Waals surface area contributed by atoms with Crippen molar-refractivity contribution in [2.24, 2.45) is 0 Å². The summed E-state index contributed by atoms with van der Waals surface area (Å²) >= 11 is 0. The molecular formula is C14H16N2O3. The van der Waals surface area contributed by atoms with Gasteiger partial charge in [-0.3, -0.25) is 0 Å². The van der Waals surface area contributed by atoms with E-state index < -0.39 is 0 Å². The Balaban J connectivity index is 1.40. The first kappa shape index (κ1) is 11.9. The van der Waals surface area contributed by atoms with E-state index in [0.29, 0.717) is 6.61 Å². The van der Waals surface area contributed by atoms with Crippen LogP contribution < -0.4 is 19.5 Å². The maximum atomic E-state index is 5.64. The summed E-state index contributed by atoms with van der Waals surface area (Å²) in [4.78, 5) is 3.02. The molecule has 2 N–H and O–H groups in total. The molecule has 0 amide bonds. The Morgan fingerprint density at radius 3 is 3.05 bits per heavy atom. The molecule has 19 heavy (non-hydrogen) atoms. The summed E-state index contributed by atoms with van der Waals surface area (Å²) in [5.41, 5.74) is 1.24. The van der Waals surface area contributed by atoms with Crippen molar-refractivity contribution in [1.29, 1.82) is 0 Å². The number of ether oxygens (including phenoxy) is 3. The molecule has 1 aromatic carbocycles. The fourth-order valence-corrected chi connectivity index (χ4v) is 1.91. The van der Waals surface area contributed by atoms with Crippen LogP contribution in [0.2, 0.25) is 0 Å². The second kappa shape index (κ2) is 5.67. The van der Waals surface area contributed by atoms with E-state index in [1.54, 1.807) is 0 Å². The van der Waals surface area contributed by atoms with Gasteiger partial charge in [0.2, 0.25) is 6.79 Å². The minimum absolute atomic E-state index is 0.289. The summed E-state index contributed by atoms with van der Waals surface area (Å²) in [7, 11) is 0. The van der Waals surface area contributed by atoms with Gasteiger partial charge in [0, 0.05) is 31.5 Å². The third-order valence-electron chi connectivity index (χ3n) is 2.88. The molecule has 0 fully saturated rings. The van der Waals surface area contributed by atoms with Crippen LogP contribution in [0.4, 0.5) is 0 Å². The van der Waals surface area contributed by atoms with Gasteiger partial charge in [-0.15, -0.1) is 0 Å². The standard InChI is InChI=1S/C14H16N2O3/c1-2-13-14(19-10-18-13)7-12(1)17-6-5-16-9-11-3-4-15-8-11/h1-4,7-8,15-16H,5-6,9-10H2. The van der Waals surface area contributed by atoms with E-state index in [4.69, 9.17) is 14.2 Å². The lowest BCUT2D eigenvalue weighted by molar-refractivity contribution is 0.173. The maximum Gasteiger partial charge on any atom is 0.231 e. The molecule has 5 nitrogen and oxygen atoms in total. The van der Waals surface area contributed by atoms with E-state index >= 15 is 0 Å². The molecule has 5 heteroatoms. The Kier molecular flexibility index (Phi) is 3.56. The largest absolute Gasteiger partial charge is 0.492 e. The van der Waals surface area contributed by atoms with E-state index in [2.05, 4.69) is 10.3 Å². The van der Waals surface area contributed by atoms with Crippen LogP contribution in [0.25, 0.3) is 0 Å². The van der Waals surface area contributed by atoms with Crippen LogP contribution in [0, 0.1) is 0 Å². The predicted molar refractivity (Wildman–Crippen MR) is 70.6 cm³/mol. The maximum absolute atomic E-state index is 5.64. The van der Waals surface area contributed by atoms with Crippen LogP contribution >= 0.6 is 0 Å². The lowest BCUT2D eigenvalue weighted by atomic mass is 10.3. The zero-order valence-electron chi connectivity index (χ0n) is 10.5. The van der Waals surface area contributed by atoms with Gasteiger partial charge in [0.1, 0.15) is 12.4 Å². The van der Waals surface area contributed by atoms with Crippen molar-refractivity contribution < 1.29 is 14.2 Å². The molecule has 2 aromatic rings. The number of fused-ring (bicyclic) bond motifs is 1. The molecule has 3 rings (SSSR count). The summed E-state index contributed by atoms with van der Waals surface area (Å²) in [6.07, 6.45) is 3.89. The first-order valence-corrected chi connectivity index (χ1v) is 6.27. The average Bonchev–Trinajstić information content (AvgIpc) is 3.08. The first-order valence-electron chi connectivity index (χ1n) is 6.27. The van der Waals surface area contributed by atoms with Gasteiger partial charge >= 0.3 is 0 Å². The molecule has 1 aromatic heterocycles. The van der Waals surface area contributed by atoms with Crippen molar-refractivity contribution in [1.82, 2.24) is 10.3 Å². The molecule has 2 heterocycles. The molecule has 0 atom stereocenters. The van der Waals surface area contributed by atoms with Gasteiger partial charge in [-0.1, -0.05) is 0 Å². The number of aromatic amines is 1. The normalized spacial score (nSPS) is 12.6. The highest BCUT2D eigenvalue weighted by atomic mass is 16.7. The minimum atomic E-state index is 0.289. The smallest absolute Gasteiger partial charge is 0.231 e. The Bertz CT molecular complexity index is 525. The number of hydrogen-bond donors (Lipinski definition) is 2. The average molecular weight is 260 g/mol. The molecule has 0 saturated heterocycles. The Morgan fingerprint density at radius 2 is 2.16 bits per heavy atom. The van der Waals surface area contributed by atoms with Crippen LogP contribution in [0.1, 0.15) is 5.56 Å². The second-order valence-corrected chi connectivity index (χ2v) is 4.26. The van der Waals surface area contributed by atoms with Gasteiger partial charge < -0.3 is 24.5 Å². The van der Waals surface area contributed by atoms with Crippen molar-refractivity contribution in [3.8, 4) is 17.2 Å². The minimum Gasteiger partial charge on any atom is -0.492 e. The van der Waals surface area contributed by atoms with E-state index in [1.807, 2.05) is 36.7 Å². The summed E-state index contributed by atoms with van der Waals surface area (Å²) in [6.45, 7) is 2.54. The molecule has 0 spiro atoms. The van der Waals surface area contributed by atoms with Crippen molar-refractivity contribution >= 4 is 0 Å². The number of nitrogens with one attached hydrogen (secondary N) is 2. The number of benzene rings is 1. The summed E-state index contributed by atoms with van der Waals surface area (Å²) in [6, 6.07) is 7.66. The van der Waals surface area contributed by atoms with Crippen LogP contribution in [0.5, 0.6) is 17.2 Å². The molecule has 1 aliphatic heterocycles. The Labute approximate surface area is 111 Å². The molecule has 0 saturated carbocycles. The van der Waals surface area contributed by atoms with Gasteiger partial charge in [-0.25, -0.2) is 0 Å². The van der Waals surface area contributed by atoms with Crippen molar-refractivity contribution in [3.05, 3.63) is 42.2 Å². The van der Waals surface area contributed by atoms with Crippen molar-refractivity contribution in [2.75, 3.05) is 19.9 Å². The Hall–Kier alpha value is -2.14. The van der Waals surface area contributed by atoms with Crippen LogP contribution in [0.15, 0.2) is 36.7 Å². The van der Waals surface area contributed by atoms with Gasteiger partial charge in [-0.05, 0) is 23.8 Å². The number of aromatic nitrogens is 1. The quantitative estimate of drug-likeness (QED) is 0.779. The highest BCUT2D eigenvalue weighted by molar-refractivity contribution is 5.46. The van der Waals surface area contributed by atoms with E-state index in [-0.39, 0.29) is 6.79 Å². The fraction of sp³-hybridized carbons (Fsp3) is 0.286. The van der Waals surface area contributed by atoms with Crippen LogP contribution in [-0.4, -0.2) is 24.9 Å². The molecule has 0 unspecified atom stereocenters. The van der Waals surface area contributed by atoms with E-state index in [9.17, 15) is 0 Å². The van der Waals surface area contributed by atoms with Crippen molar-refractivity contribution in [2.45, 2.75) is 6.54 Å². The SMILES string of the molecule is c1cc(CNCCOc2ccc3c(c2)OCO3)c[nH]1. The molecular weight excluding hydrogens is 244 g/mol. The zero-order chi connectivity index (χ0) is 12.9. The highest BCUT2D eigenvalue weighted by Crippen LogP contribution is 2.34. The number of hydrogen-bond acceptors (Lipinski definition) is 4. The van der Waals surface area contributed by atoms with Crippen molar-refractivity contribution in [3.63, 3.8) is 0 Å². The van der Waals surface area contributed by atoms with E-state index in [1.165, 1.54) is 5.56 Å². The number of rotatable bonds is 6. The zero-order valence-corrected chi connectivity index (χ0v) is 10.5. The molecule has 1 aliphatic rings. The van der Waals surface area contributed by atoms with Gasteiger partial charge in [0.05, 0.1) is 0 Å². The van der Waals surface area contributed by atoms with Gasteiger partial charge in [0.15, 0.2) is 11.5 Å². The molecule has 0 radical (unpaired) electrons. The monoisotopic (exact) mass is 260 g/mol. The number of H-pyrrole nitrogens is 1. The third-order valence-corrected chi connectivity index (χ3v) is 2.88. The van der Waals surface area contributed by atoms with Crippen LogP contribution in [-0.2, 0) is 6.54 Å². The fourth-order valence-electron chi connectivity index (χ4n) is 1.91. The summed E-state index contributed by atoms with van der Waals surface area (Å²) in [5.74, 6) is 2.32. The first-order chi connectivity index (χ1) is 9.42. The second-order valence-electron chi connectivity index (χ2n) is 4.26. The topological polar surface area (TPSA) is 55.5 Å². The lowest BCUT2D eigenvalue weighted by Gasteiger charge is -2.07. The molecule has 0 aliphatic carbocycles. The highest BCUT2D eigenvalue weighted by Gasteiger charge is 2.13. The lowest BCUT2D eigenvalue weighted by Crippen LogP contribution is -2.20. The molecule has 100 valence electrons. The molecule has 0 bridgehead atoms. The third kappa shape index (κ3) is 3.00. The van der Waals surface area contributed by atoms with Gasteiger partial charge in [-0.2, -0.15) is 0 Å². The predicted octanol–water partition coefficient (Wildman–Crippen LogP) is 1.91. The van der Waals surface area contributed by atoms with Crippen LogP contribution in [0.3, 0.4) is 0 Å². The van der Waals surface area contributed by atoms with Gasteiger partial charge in [0.25, 0.3) is 0 Å².